The number of nitrogens with zero attached hydrogens (tertiary/aromatic N) is 1. The number of amidine groups is 1. The number of hydrazine groups is 1. The van der Waals surface area contributed by atoms with Crippen molar-refractivity contribution in [1.82, 2.24) is 5.43 Å². The number of nitrogens with one attached hydrogen (secondary N) is 2. The topological polar surface area (TPSA) is 36.4 Å². The maximum atomic E-state index is 4.29. The molecule has 0 saturated carbocycles. The number of aryl methyl sites for hydroxylation is 1. The van der Waals surface area contributed by atoms with Gasteiger partial charge in [-0.2, -0.15) is 0 Å². The van der Waals surface area contributed by atoms with Crippen LogP contribution in [0.1, 0.15) is 5.56 Å². The van der Waals surface area contributed by atoms with Gasteiger partial charge in [-0.3, -0.25) is 15.8 Å². The zero-order valence-corrected chi connectivity index (χ0v) is 8.90. The number of rotatable bonds is 2. The smallest absolute Gasteiger partial charge is 0.175 e. The molecule has 2 N–H and O–H groups in total. The third-order valence-corrected chi connectivity index (χ3v) is 2.93. The number of para-hydroxylation sites is 1. The predicted octanol–water partition coefficient (Wildman–Crippen LogP) is 2.01. The van der Waals surface area contributed by atoms with Crippen molar-refractivity contribution in [2.45, 2.75) is 6.92 Å². The van der Waals surface area contributed by atoms with Crippen LogP contribution in [0.4, 0.5) is 5.69 Å². The van der Waals surface area contributed by atoms with Crippen LogP contribution < -0.4 is 10.9 Å². The fourth-order valence-electron chi connectivity index (χ4n) is 1.24. The molecule has 4 heteroatoms. The fourth-order valence-corrected chi connectivity index (χ4v) is 1.93. The Kier molecular flexibility index (Phi) is 2.93. The van der Waals surface area contributed by atoms with Crippen LogP contribution in [0.25, 0.3) is 0 Å². The molecular formula is C10H13N3S. The lowest BCUT2D eigenvalue weighted by molar-refractivity contribution is 1.09. The second kappa shape index (κ2) is 4.37. The van der Waals surface area contributed by atoms with Crippen LogP contribution in [0, 0.1) is 6.92 Å². The first-order valence-electron chi connectivity index (χ1n) is 4.61. The van der Waals surface area contributed by atoms with E-state index in [4.69, 9.17) is 0 Å². The number of hydrogen-bond donors (Lipinski definition) is 2. The molecule has 74 valence electrons. The molecule has 0 aliphatic carbocycles. The fraction of sp³-hybridized carbons (Fsp3) is 0.300. The van der Waals surface area contributed by atoms with Crippen LogP contribution in [0.5, 0.6) is 0 Å². The number of benzene rings is 1. The Morgan fingerprint density at radius 1 is 1.29 bits per heavy atom. The van der Waals surface area contributed by atoms with Gasteiger partial charge in [-0.15, -0.1) is 0 Å². The average Bonchev–Trinajstić information content (AvgIpc) is 2.69. The largest absolute Gasteiger partial charge is 0.299 e. The van der Waals surface area contributed by atoms with Gasteiger partial charge in [0.25, 0.3) is 0 Å². The Morgan fingerprint density at radius 2 is 2.14 bits per heavy atom. The van der Waals surface area contributed by atoms with Crippen molar-refractivity contribution in [3.8, 4) is 0 Å². The lowest BCUT2D eigenvalue weighted by Gasteiger charge is -2.10. The third-order valence-electron chi connectivity index (χ3n) is 2.03. The van der Waals surface area contributed by atoms with Crippen molar-refractivity contribution in [2.75, 3.05) is 17.7 Å². The van der Waals surface area contributed by atoms with E-state index in [-0.39, 0.29) is 0 Å². The minimum Gasteiger partial charge on any atom is -0.299 e. The van der Waals surface area contributed by atoms with Crippen molar-refractivity contribution in [2.24, 2.45) is 4.99 Å². The average molecular weight is 207 g/mol. The van der Waals surface area contributed by atoms with Gasteiger partial charge in [0, 0.05) is 5.75 Å². The highest BCUT2D eigenvalue weighted by molar-refractivity contribution is 8.14. The number of thioether (sulfide) groups is 1. The molecule has 0 unspecified atom stereocenters. The molecule has 3 nitrogen and oxygen atoms in total. The van der Waals surface area contributed by atoms with Gasteiger partial charge in [0.15, 0.2) is 5.17 Å². The lowest BCUT2D eigenvalue weighted by atomic mass is 10.2. The predicted molar refractivity (Wildman–Crippen MR) is 62.7 cm³/mol. The lowest BCUT2D eigenvalue weighted by Crippen LogP contribution is -2.26. The standard InChI is InChI=1S/C10H13N3S/c1-8-4-2-3-5-9(8)12-13-10-11-6-7-14-10/h2-5,12H,6-7H2,1H3,(H,11,13). The van der Waals surface area contributed by atoms with Crippen LogP contribution in [-0.2, 0) is 0 Å². The first-order valence-corrected chi connectivity index (χ1v) is 5.60. The molecule has 0 atom stereocenters. The van der Waals surface area contributed by atoms with E-state index in [0.29, 0.717) is 0 Å². The summed E-state index contributed by atoms with van der Waals surface area (Å²) in [4.78, 5) is 4.29. The summed E-state index contributed by atoms with van der Waals surface area (Å²) in [7, 11) is 0. The zero-order chi connectivity index (χ0) is 9.80. The van der Waals surface area contributed by atoms with Gasteiger partial charge >= 0.3 is 0 Å². The van der Waals surface area contributed by atoms with E-state index < -0.39 is 0 Å². The summed E-state index contributed by atoms with van der Waals surface area (Å²) in [5, 5.41) is 0.980. The molecule has 1 aliphatic rings. The van der Waals surface area contributed by atoms with Crippen LogP contribution >= 0.6 is 11.8 Å². The summed E-state index contributed by atoms with van der Waals surface area (Å²) in [5.41, 5.74) is 8.58. The van der Waals surface area contributed by atoms with Crippen molar-refractivity contribution >= 4 is 22.6 Å². The molecule has 1 aliphatic heterocycles. The van der Waals surface area contributed by atoms with Gasteiger partial charge in [0.05, 0.1) is 12.2 Å². The summed E-state index contributed by atoms with van der Waals surface area (Å²) in [6, 6.07) is 8.17. The Balaban J connectivity index is 1.94. The molecule has 0 aromatic heterocycles. The van der Waals surface area contributed by atoms with Crippen LogP contribution in [0.2, 0.25) is 0 Å². The van der Waals surface area contributed by atoms with E-state index in [1.54, 1.807) is 11.8 Å². The van der Waals surface area contributed by atoms with Gasteiger partial charge in [0.2, 0.25) is 0 Å². The number of hydrogen-bond acceptors (Lipinski definition) is 4. The molecule has 0 radical (unpaired) electrons. The van der Waals surface area contributed by atoms with Crippen molar-refractivity contribution < 1.29 is 0 Å². The van der Waals surface area contributed by atoms with Crippen molar-refractivity contribution in [1.29, 1.82) is 0 Å². The first kappa shape index (κ1) is 9.40. The van der Waals surface area contributed by atoms with Gasteiger partial charge in [0.1, 0.15) is 0 Å². The van der Waals surface area contributed by atoms with Crippen LogP contribution in [-0.4, -0.2) is 17.5 Å². The minimum absolute atomic E-state index is 0.919. The molecule has 0 spiro atoms. The van der Waals surface area contributed by atoms with E-state index >= 15 is 0 Å². The second-order valence-electron chi connectivity index (χ2n) is 3.10. The molecule has 1 aromatic carbocycles. The molecule has 0 fully saturated rings. The van der Waals surface area contributed by atoms with E-state index in [0.717, 1.165) is 23.2 Å². The summed E-state index contributed by atoms with van der Waals surface area (Å²) in [5.74, 6) is 1.08. The molecule has 0 bridgehead atoms. The van der Waals surface area contributed by atoms with Gasteiger partial charge in [-0.1, -0.05) is 30.0 Å². The van der Waals surface area contributed by atoms with E-state index in [2.05, 4.69) is 28.8 Å². The SMILES string of the molecule is Cc1ccccc1NNC1=NCCS1. The number of anilines is 1. The van der Waals surface area contributed by atoms with Gasteiger partial charge in [-0.05, 0) is 18.6 Å². The van der Waals surface area contributed by atoms with E-state index in [1.807, 2.05) is 18.2 Å². The van der Waals surface area contributed by atoms with Crippen LogP contribution in [0.3, 0.4) is 0 Å². The van der Waals surface area contributed by atoms with Gasteiger partial charge < -0.3 is 0 Å². The summed E-state index contributed by atoms with van der Waals surface area (Å²) in [6.45, 7) is 3.00. The maximum absolute atomic E-state index is 4.29. The zero-order valence-electron chi connectivity index (χ0n) is 8.08. The molecular weight excluding hydrogens is 194 g/mol. The maximum Gasteiger partial charge on any atom is 0.175 e. The first-order chi connectivity index (χ1) is 6.86. The Hall–Kier alpha value is -1.16. The highest BCUT2D eigenvalue weighted by Crippen LogP contribution is 2.13. The summed E-state index contributed by atoms with van der Waals surface area (Å²) < 4.78 is 0. The Bertz CT molecular complexity index is 349. The molecule has 2 rings (SSSR count). The molecule has 0 saturated heterocycles. The molecule has 0 amide bonds. The Labute approximate surface area is 88.0 Å². The van der Waals surface area contributed by atoms with Crippen molar-refractivity contribution in [3.63, 3.8) is 0 Å². The number of aliphatic imine (C=N–C) groups is 1. The Morgan fingerprint density at radius 3 is 2.86 bits per heavy atom. The van der Waals surface area contributed by atoms with Crippen LogP contribution in [0.15, 0.2) is 29.3 Å². The summed E-state index contributed by atoms with van der Waals surface area (Å²) >= 11 is 1.74. The monoisotopic (exact) mass is 207 g/mol. The minimum atomic E-state index is 0.919. The highest BCUT2D eigenvalue weighted by Gasteiger charge is 2.05. The second-order valence-corrected chi connectivity index (χ2v) is 4.18. The quantitative estimate of drug-likeness (QED) is 0.728. The van der Waals surface area contributed by atoms with Crippen molar-refractivity contribution in [3.05, 3.63) is 29.8 Å². The van der Waals surface area contributed by atoms with Gasteiger partial charge in [-0.25, -0.2) is 0 Å². The molecule has 1 heterocycles. The normalized spacial score (nSPS) is 15.1. The highest BCUT2D eigenvalue weighted by atomic mass is 32.2. The van der Waals surface area contributed by atoms with E-state index in [1.165, 1.54) is 5.56 Å². The van der Waals surface area contributed by atoms with E-state index in [9.17, 15) is 0 Å². The third kappa shape index (κ3) is 2.20. The molecule has 1 aromatic rings. The summed E-state index contributed by atoms with van der Waals surface area (Å²) in [6.07, 6.45) is 0. The molecule has 14 heavy (non-hydrogen) atoms.